The number of primary sulfonamides is 1. The van der Waals surface area contributed by atoms with Gasteiger partial charge in [-0.3, -0.25) is 0 Å². The summed E-state index contributed by atoms with van der Waals surface area (Å²) in [6, 6.07) is 9.76. The highest BCUT2D eigenvalue weighted by atomic mass is 32.2. The van der Waals surface area contributed by atoms with E-state index in [1.165, 1.54) is 6.20 Å². The van der Waals surface area contributed by atoms with E-state index >= 15 is 0 Å². The zero-order valence-corrected chi connectivity index (χ0v) is 13.9. The molecule has 1 atom stereocenters. The van der Waals surface area contributed by atoms with Crippen LogP contribution in [0.1, 0.15) is 18.5 Å². The highest BCUT2D eigenvalue weighted by molar-refractivity contribution is 7.91. The molecule has 0 radical (unpaired) electrons. The van der Waals surface area contributed by atoms with Crippen molar-refractivity contribution >= 4 is 26.5 Å². The second-order valence-electron chi connectivity index (χ2n) is 4.94. The van der Waals surface area contributed by atoms with Gasteiger partial charge in [-0.15, -0.1) is 0 Å². The molecule has 3 N–H and O–H groups in total. The molecule has 0 amide bonds. The second kappa shape index (κ2) is 6.11. The Labute approximate surface area is 137 Å². The van der Waals surface area contributed by atoms with Crippen LogP contribution in [0.2, 0.25) is 0 Å². The van der Waals surface area contributed by atoms with Gasteiger partial charge in [-0.2, -0.15) is 5.10 Å². The molecular weight excluding hydrogens is 334 g/mol. The fourth-order valence-electron chi connectivity index (χ4n) is 2.06. The largest absolute Gasteiger partial charge is 0.355 e. The van der Waals surface area contributed by atoms with Gasteiger partial charge >= 0.3 is 0 Å². The number of hydrogen-bond acceptors (Lipinski definition) is 6. The Morgan fingerprint density at radius 2 is 2.04 bits per heavy atom. The predicted octanol–water partition coefficient (Wildman–Crippen LogP) is 2.15. The minimum Gasteiger partial charge on any atom is -0.355 e. The van der Waals surface area contributed by atoms with Crippen molar-refractivity contribution in [3.63, 3.8) is 0 Å². The Balaban J connectivity index is 1.73. The molecule has 0 spiro atoms. The summed E-state index contributed by atoms with van der Waals surface area (Å²) in [5, 5.41) is 12.9. The van der Waals surface area contributed by atoms with Crippen molar-refractivity contribution in [2.75, 3.05) is 5.32 Å². The molecule has 23 heavy (non-hydrogen) atoms. The molecule has 0 fully saturated rings. The first kappa shape index (κ1) is 15.7. The Kier molecular flexibility index (Phi) is 4.16. The van der Waals surface area contributed by atoms with Gasteiger partial charge in [0, 0.05) is 12.4 Å². The lowest BCUT2D eigenvalue weighted by Crippen LogP contribution is -2.10. The molecule has 3 rings (SSSR count). The number of anilines is 1. The Hall–Kier alpha value is -2.23. The number of sulfonamides is 1. The van der Waals surface area contributed by atoms with E-state index in [4.69, 9.17) is 5.14 Å². The van der Waals surface area contributed by atoms with Gasteiger partial charge in [0.15, 0.2) is 9.34 Å². The molecule has 1 unspecified atom stereocenters. The summed E-state index contributed by atoms with van der Waals surface area (Å²) >= 11 is 1.01. The molecular formula is C14H15N5O2S2. The summed E-state index contributed by atoms with van der Waals surface area (Å²) in [5.74, 6) is 0. The van der Waals surface area contributed by atoms with Crippen LogP contribution in [0.15, 0.2) is 53.1 Å². The summed E-state index contributed by atoms with van der Waals surface area (Å²) in [6.45, 7) is 1.97. The fraction of sp³-hybridized carbons (Fsp3) is 0.143. The van der Waals surface area contributed by atoms with Crippen molar-refractivity contribution in [2.24, 2.45) is 5.14 Å². The lowest BCUT2D eigenvalue weighted by atomic mass is 10.1. The minimum absolute atomic E-state index is 0.0267. The van der Waals surface area contributed by atoms with Gasteiger partial charge in [-0.25, -0.2) is 23.2 Å². The van der Waals surface area contributed by atoms with Crippen LogP contribution in [0.3, 0.4) is 0 Å². The Morgan fingerprint density at radius 3 is 2.61 bits per heavy atom. The molecule has 2 heterocycles. The van der Waals surface area contributed by atoms with E-state index in [1.807, 2.05) is 43.5 Å². The molecule has 9 heteroatoms. The highest BCUT2D eigenvalue weighted by Gasteiger charge is 2.14. The van der Waals surface area contributed by atoms with E-state index in [9.17, 15) is 8.42 Å². The molecule has 2 aromatic heterocycles. The van der Waals surface area contributed by atoms with Crippen LogP contribution >= 0.6 is 11.3 Å². The van der Waals surface area contributed by atoms with Crippen molar-refractivity contribution in [1.82, 2.24) is 14.8 Å². The summed E-state index contributed by atoms with van der Waals surface area (Å²) in [5.41, 5.74) is 2.02. The minimum atomic E-state index is -3.71. The van der Waals surface area contributed by atoms with Crippen molar-refractivity contribution in [1.29, 1.82) is 0 Å². The maximum Gasteiger partial charge on any atom is 0.249 e. The molecule has 7 nitrogen and oxygen atoms in total. The molecule has 0 saturated heterocycles. The first-order valence-corrected chi connectivity index (χ1v) is 9.15. The van der Waals surface area contributed by atoms with Crippen LogP contribution in [0.5, 0.6) is 0 Å². The predicted molar refractivity (Wildman–Crippen MR) is 89.1 cm³/mol. The standard InChI is InChI=1S/C14H15N5O2S2/c1-10(18-14-16-9-13(22-14)23(15,20)21)11-3-5-12(6-4-11)19-8-2-7-17-19/h2-10H,1H3,(H,16,18)(H2,15,20,21). The van der Waals surface area contributed by atoms with E-state index in [2.05, 4.69) is 15.4 Å². The molecule has 0 aliphatic heterocycles. The van der Waals surface area contributed by atoms with Gasteiger partial charge in [0.1, 0.15) is 0 Å². The third-order valence-corrected chi connectivity index (χ3v) is 5.60. The average Bonchev–Trinajstić information content (AvgIpc) is 3.18. The number of rotatable bonds is 5. The molecule has 3 aromatic rings. The number of nitrogens with one attached hydrogen (secondary N) is 1. The third-order valence-electron chi connectivity index (χ3n) is 3.27. The third kappa shape index (κ3) is 3.58. The van der Waals surface area contributed by atoms with Crippen LogP contribution in [0.25, 0.3) is 5.69 Å². The van der Waals surface area contributed by atoms with E-state index < -0.39 is 10.0 Å². The number of thiazole rings is 1. The number of hydrogen-bond donors (Lipinski definition) is 2. The van der Waals surface area contributed by atoms with E-state index in [1.54, 1.807) is 10.9 Å². The summed E-state index contributed by atoms with van der Waals surface area (Å²) in [7, 11) is -3.71. The first-order valence-electron chi connectivity index (χ1n) is 6.78. The van der Waals surface area contributed by atoms with Gasteiger partial charge in [0.25, 0.3) is 0 Å². The van der Waals surface area contributed by atoms with E-state index in [-0.39, 0.29) is 10.3 Å². The number of nitrogens with two attached hydrogens (primary N) is 1. The fourth-order valence-corrected chi connectivity index (χ4v) is 3.60. The van der Waals surface area contributed by atoms with Crippen molar-refractivity contribution < 1.29 is 8.42 Å². The zero-order chi connectivity index (χ0) is 16.4. The monoisotopic (exact) mass is 349 g/mol. The second-order valence-corrected chi connectivity index (χ2v) is 7.76. The van der Waals surface area contributed by atoms with Crippen molar-refractivity contribution in [2.45, 2.75) is 17.2 Å². The van der Waals surface area contributed by atoms with Gasteiger partial charge in [-0.1, -0.05) is 23.5 Å². The molecule has 1 aromatic carbocycles. The number of benzene rings is 1. The van der Waals surface area contributed by atoms with Crippen LogP contribution < -0.4 is 10.5 Å². The van der Waals surface area contributed by atoms with Crippen LogP contribution in [-0.4, -0.2) is 23.2 Å². The summed E-state index contributed by atoms with van der Waals surface area (Å²) < 4.78 is 24.3. The van der Waals surface area contributed by atoms with Crippen LogP contribution in [0.4, 0.5) is 5.13 Å². The van der Waals surface area contributed by atoms with E-state index in [0.29, 0.717) is 5.13 Å². The quantitative estimate of drug-likeness (QED) is 0.734. The van der Waals surface area contributed by atoms with Crippen LogP contribution in [-0.2, 0) is 10.0 Å². The maximum absolute atomic E-state index is 11.3. The van der Waals surface area contributed by atoms with Crippen LogP contribution in [0, 0.1) is 0 Å². The molecule has 120 valence electrons. The summed E-state index contributed by atoms with van der Waals surface area (Å²) in [4.78, 5) is 4.04. The molecule has 0 saturated carbocycles. The smallest absolute Gasteiger partial charge is 0.249 e. The molecule has 0 aliphatic carbocycles. The van der Waals surface area contributed by atoms with Gasteiger partial charge < -0.3 is 5.32 Å². The highest BCUT2D eigenvalue weighted by Crippen LogP contribution is 2.26. The number of nitrogens with zero attached hydrogens (tertiary/aromatic N) is 3. The SMILES string of the molecule is CC(Nc1ncc(S(N)(=O)=O)s1)c1ccc(-n2cccn2)cc1. The lowest BCUT2D eigenvalue weighted by molar-refractivity contribution is 0.599. The average molecular weight is 349 g/mol. The van der Waals surface area contributed by atoms with Crippen molar-refractivity contribution in [3.05, 3.63) is 54.5 Å². The van der Waals surface area contributed by atoms with E-state index in [0.717, 1.165) is 22.6 Å². The Bertz CT molecular complexity index is 886. The topological polar surface area (TPSA) is 103 Å². The summed E-state index contributed by atoms with van der Waals surface area (Å²) in [6.07, 6.45) is 4.86. The Morgan fingerprint density at radius 1 is 1.30 bits per heavy atom. The van der Waals surface area contributed by atoms with Gasteiger partial charge in [0.05, 0.1) is 17.9 Å². The number of aromatic nitrogens is 3. The molecule has 0 bridgehead atoms. The zero-order valence-electron chi connectivity index (χ0n) is 12.2. The lowest BCUT2D eigenvalue weighted by Gasteiger charge is -2.13. The van der Waals surface area contributed by atoms with Gasteiger partial charge in [-0.05, 0) is 30.7 Å². The maximum atomic E-state index is 11.3. The van der Waals surface area contributed by atoms with Crippen molar-refractivity contribution in [3.8, 4) is 5.69 Å². The normalized spacial score (nSPS) is 13.0. The van der Waals surface area contributed by atoms with Gasteiger partial charge in [0.2, 0.25) is 10.0 Å². The first-order chi connectivity index (χ1) is 10.9. The molecule has 0 aliphatic rings.